The maximum Gasteiger partial charge on any atom is 0.329 e. The molecule has 0 atom stereocenters. The molecule has 188 valence electrons. The molecule has 0 saturated carbocycles. The summed E-state index contributed by atoms with van der Waals surface area (Å²) in [6.45, 7) is 4.06. The molecular formula is C28H25N3O6. The Morgan fingerprint density at radius 1 is 1.05 bits per heavy atom. The van der Waals surface area contributed by atoms with Gasteiger partial charge in [0.2, 0.25) is 0 Å². The van der Waals surface area contributed by atoms with Crippen molar-refractivity contribution in [3.8, 4) is 11.5 Å². The number of nitro benzene ring substituents is 1. The molecule has 1 fully saturated rings. The molecule has 37 heavy (non-hydrogen) atoms. The number of non-ortho nitro benzene ring substituents is 1. The van der Waals surface area contributed by atoms with E-state index in [1.54, 1.807) is 30.4 Å². The van der Waals surface area contributed by atoms with Crippen molar-refractivity contribution in [1.29, 1.82) is 0 Å². The number of ether oxygens (including phenoxy) is 2. The number of nitrogens with one attached hydrogen (secondary N) is 1. The third kappa shape index (κ3) is 5.84. The van der Waals surface area contributed by atoms with Crippen LogP contribution in [0.5, 0.6) is 11.5 Å². The SMILES string of the molecule is C=CCc1cc(/C=C2/NC(=O)N(Cc3ccccc3)C2=O)cc(OC)c1OCc1cccc([N+](=O)[O-])c1. The van der Waals surface area contributed by atoms with Crippen LogP contribution < -0.4 is 14.8 Å². The second kappa shape index (κ2) is 11.2. The normalized spacial score (nSPS) is 14.0. The van der Waals surface area contributed by atoms with Gasteiger partial charge in [-0.1, -0.05) is 48.5 Å². The Morgan fingerprint density at radius 3 is 2.51 bits per heavy atom. The Hall–Kier alpha value is -4.92. The van der Waals surface area contributed by atoms with E-state index >= 15 is 0 Å². The third-order valence-corrected chi connectivity index (χ3v) is 5.70. The van der Waals surface area contributed by atoms with E-state index in [0.29, 0.717) is 29.0 Å². The lowest BCUT2D eigenvalue weighted by Gasteiger charge is -2.16. The van der Waals surface area contributed by atoms with E-state index in [9.17, 15) is 19.7 Å². The van der Waals surface area contributed by atoms with Crippen LogP contribution in [0.15, 0.2) is 85.1 Å². The lowest BCUT2D eigenvalue weighted by Crippen LogP contribution is -2.30. The Balaban J connectivity index is 1.59. The summed E-state index contributed by atoms with van der Waals surface area (Å²) in [5.41, 5.74) is 2.96. The van der Waals surface area contributed by atoms with E-state index in [0.717, 1.165) is 16.0 Å². The maximum absolute atomic E-state index is 12.9. The van der Waals surface area contributed by atoms with Crippen LogP contribution in [0.3, 0.4) is 0 Å². The van der Waals surface area contributed by atoms with Gasteiger partial charge in [-0.05, 0) is 41.3 Å². The Labute approximate surface area is 213 Å². The summed E-state index contributed by atoms with van der Waals surface area (Å²) in [7, 11) is 1.49. The molecule has 4 rings (SSSR count). The molecule has 9 heteroatoms. The molecular weight excluding hydrogens is 474 g/mol. The monoisotopic (exact) mass is 499 g/mol. The van der Waals surface area contributed by atoms with Crippen molar-refractivity contribution in [2.75, 3.05) is 7.11 Å². The molecule has 1 N–H and O–H groups in total. The fraction of sp³-hybridized carbons (Fsp3) is 0.143. The van der Waals surface area contributed by atoms with Crippen molar-refractivity contribution < 1.29 is 24.0 Å². The fourth-order valence-corrected chi connectivity index (χ4v) is 3.95. The average molecular weight is 500 g/mol. The molecule has 0 unspecified atom stereocenters. The number of nitro groups is 1. The van der Waals surface area contributed by atoms with E-state index in [-0.39, 0.29) is 24.5 Å². The van der Waals surface area contributed by atoms with Crippen molar-refractivity contribution in [3.05, 3.63) is 117 Å². The number of hydrogen-bond donors (Lipinski definition) is 1. The van der Waals surface area contributed by atoms with E-state index in [2.05, 4.69) is 11.9 Å². The van der Waals surface area contributed by atoms with Gasteiger partial charge < -0.3 is 14.8 Å². The average Bonchev–Trinajstić information content (AvgIpc) is 3.16. The van der Waals surface area contributed by atoms with Gasteiger partial charge >= 0.3 is 6.03 Å². The van der Waals surface area contributed by atoms with Crippen LogP contribution in [0, 0.1) is 10.1 Å². The minimum atomic E-state index is -0.490. The van der Waals surface area contributed by atoms with Crippen LogP contribution in [0.4, 0.5) is 10.5 Å². The van der Waals surface area contributed by atoms with E-state index in [1.165, 1.54) is 19.2 Å². The first kappa shape index (κ1) is 25.2. The van der Waals surface area contributed by atoms with Gasteiger partial charge in [0, 0.05) is 17.7 Å². The molecule has 3 amide bonds. The number of allylic oxidation sites excluding steroid dienone is 1. The van der Waals surface area contributed by atoms with Gasteiger partial charge in [0.05, 0.1) is 18.6 Å². The first-order valence-corrected chi connectivity index (χ1v) is 11.5. The van der Waals surface area contributed by atoms with Crippen molar-refractivity contribution in [3.63, 3.8) is 0 Å². The molecule has 1 aliphatic rings. The number of amides is 3. The van der Waals surface area contributed by atoms with Crippen LogP contribution >= 0.6 is 0 Å². The molecule has 1 aliphatic heterocycles. The second-order valence-electron chi connectivity index (χ2n) is 8.28. The predicted molar refractivity (Wildman–Crippen MR) is 138 cm³/mol. The third-order valence-electron chi connectivity index (χ3n) is 5.70. The predicted octanol–water partition coefficient (Wildman–Crippen LogP) is 5.00. The fourth-order valence-electron chi connectivity index (χ4n) is 3.95. The van der Waals surface area contributed by atoms with Crippen LogP contribution in [-0.2, 0) is 24.4 Å². The highest BCUT2D eigenvalue weighted by atomic mass is 16.6. The zero-order valence-corrected chi connectivity index (χ0v) is 20.2. The number of carbonyl (C=O) groups excluding carboxylic acids is 2. The minimum Gasteiger partial charge on any atom is -0.493 e. The molecule has 1 saturated heterocycles. The number of methoxy groups -OCH3 is 1. The standard InChI is InChI=1S/C28H25N3O6/c1-3-8-22-13-21(15-24-27(32)30(28(33)29-24)17-19-9-5-4-6-10-19)16-25(36-2)26(22)37-18-20-11-7-12-23(14-20)31(34)35/h3-7,9-16H,1,8,17-18H2,2H3,(H,29,33)/b24-15+. The summed E-state index contributed by atoms with van der Waals surface area (Å²) in [6, 6.07) is 18.5. The van der Waals surface area contributed by atoms with E-state index < -0.39 is 16.9 Å². The minimum absolute atomic E-state index is 0.0223. The van der Waals surface area contributed by atoms with Gasteiger partial charge in [0.15, 0.2) is 11.5 Å². The summed E-state index contributed by atoms with van der Waals surface area (Å²) in [5, 5.41) is 13.7. The highest BCUT2D eigenvalue weighted by Crippen LogP contribution is 2.35. The van der Waals surface area contributed by atoms with Gasteiger partial charge in [-0.2, -0.15) is 0 Å². The molecule has 1 heterocycles. The molecule has 9 nitrogen and oxygen atoms in total. The number of hydrogen-bond acceptors (Lipinski definition) is 6. The molecule has 0 aliphatic carbocycles. The number of carbonyl (C=O) groups is 2. The Kier molecular flexibility index (Phi) is 7.63. The summed E-state index contributed by atoms with van der Waals surface area (Å²) in [6.07, 6.45) is 3.73. The summed E-state index contributed by atoms with van der Waals surface area (Å²) >= 11 is 0. The number of rotatable bonds is 10. The zero-order valence-electron chi connectivity index (χ0n) is 20.2. The molecule has 0 aromatic heterocycles. The summed E-state index contributed by atoms with van der Waals surface area (Å²) in [5.74, 6) is 0.446. The van der Waals surface area contributed by atoms with Crippen molar-refractivity contribution in [2.24, 2.45) is 0 Å². The molecule has 3 aromatic rings. The Bertz CT molecular complexity index is 1380. The maximum atomic E-state index is 12.9. The van der Waals surface area contributed by atoms with Crippen LogP contribution in [0.2, 0.25) is 0 Å². The number of benzene rings is 3. The highest BCUT2D eigenvalue weighted by Gasteiger charge is 2.33. The molecule has 0 radical (unpaired) electrons. The van der Waals surface area contributed by atoms with E-state index in [4.69, 9.17) is 9.47 Å². The topological polar surface area (TPSA) is 111 Å². The van der Waals surface area contributed by atoms with E-state index in [1.807, 2.05) is 36.4 Å². The van der Waals surface area contributed by atoms with Crippen LogP contribution in [0.1, 0.15) is 22.3 Å². The summed E-state index contributed by atoms with van der Waals surface area (Å²) < 4.78 is 11.6. The Morgan fingerprint density at radius 2 is 1.81 bits per heavy atom. The smallest absolute Gasteiger partial charge is 0.329 e. The number of urea groups is 1. The highest BCUT2D eigenvalue weighted by molar-refractivity contribution is 6.13. The molecule has 3 aromatic carbocycles. The van der Waals surface area contributed by atoms with Crippen molar-refractivity contribution in [1.82, 2.24) is 10.2 Å². The number of imide groups is 1. The molecule has 0 spiro atoms. The van der Waals surface area contributed by atoms with Gasteiger partial charge in [0.25, 0.3) is 11.6 Å². The van der Waals surface area contributed by atoms with Crippen molar-refractivity contribution >= 4 is 23.7 Å². The molecule has 0 bridgehead atoms. The lowest BCUT2D eigenvalue weighted by molar-refractivity contribution is -0.384. The largest absolute Gasteiger partial charge is 0.493 e. The number of nitrogens with zero attached hydrogens (tertiary/aromatic N) is 2. The van der Waals surface area contributed by atoms with Crippen molar-refractivity contribution in [2.45, 2.75) is 19.6 Å². The van der Waals surface area contributed by atoms with Crippen LogP contribution in [0.25, 0.3) is 6.08 Å². The second-order valence-corrected chi connectivity index (χ2v) is 8.28. The van der Waals surface area contributed by atoms with Crippen LogP contribution in [-0.4, -0.2) is 28.9 Å². The summed E-state index contributed by atoms with van der Waals surface area (Å²) in [4.78, 5) is 37.2. The lowest BCUT2D eigenvalue weighted by atomic mass is 10.0. The van der Waals surface area contributed by atoms with Gasteiger partial charge in [-0.15, -0.1) is 6.58 Å². The first-order chi connectivity index (χ1) is 17.9. The van der Waals surface area contributed by atoms with Gasteiger partial charge in [-0.3, -0.25) is 19.8 Å². The first-order valence-electron chi connectivity index (χ1n) is 11.5. The zero-order chi connectivity index (χ0) is 26.4. The quantitative estimate of drug-likeness (QED) is 0.138. The van der Waals surface area contributed by atoms with Gasteiger partial charge in [-0.25, -0.2) is 4.79 Å². The van der Waals surface area contributed by atoms with Gasteiger partial charge in [0.1, 0.15) is 12.3 Å².